The molecule has 1 aromatic carbocycles. The lowest BCUT2D eigenvalue weighted by Gasteiger charge is -2.33. The highest BCUT2D eigenvalue weighted by Crippen LogP contribution is 2.42. The van der Waals surface area contributed by atoms with Crippen LogP contribution in [0.2, 0.25) is 5.15 Å². The van der Waals surface area contributed by atoms with Crippen LogP contribution in [-0.2, 0) is 11.2 Å². The molecule has 3 aliphatic rings. The van der Waals surface area contributed by atoms with Gasteiger partial charge in [0.2, 0.25) is 11.8 Å². The van der Waals surface area contributed by atoms with E-state index in [1.165, 1.54) is 6.33 Å². The van der Waals surface area contributed by atoms with Gasteiger partial charge in [-0.25, -0.2) is 15.0 Å². The second-order valence-corrected chi connectivity index (χ2v) is 9.46. The zero-order valence-corrected chi connectivity index (χ0v) is 18.9. The van der Waals surface area contributed by atoms with Gasteiger partial charge in [-0.05, 0) is 55.8 Å². The maximum absolute atomic E-state index is 13.5. The van der Waals surface area contributed by atoms with Gasteiger partial charge in [-0.1, -0.05) is 35.9 Å². The summed E-state index contributed by atoms with van der Waals surface area (Å²) < 4.78 is 5.90. The van der Waals surface area contributed by atoms with E-state index in [0.717, 1.165) is 49.9 Å². The van der Waals surface area contributed by atoms with Crippen molar-refractivity contribution in [3.05, 3.63) is 52.9 Å². The van der Waals surface area contributed by atoms with Gasteiger partial charge in [-0.2, -0.15) is 5.10 Å². The first-order chi connectivity index (χ1) is 15.6. The van der Waals surface area contributed by atoms with Gasteiger partial charge in [0.25, 0.3) is 0 Å². The average molecular weight is 454 g/mol. The average Bonchev–Trinajstić information content (AvgIpc) is 3.36. The van der Waals surface area contributed by atoms with Crippen molar-refractivity contribution in [3.8, 4) is 5.88 Å². The second kappa shape index (κ2) is 9.16. The Morgan fingerprint density at radius 2 is 2.06 bits per heavy atom. The maximum atomic E-state index is 13.5. The topological polar surface area (TPSA) is 79.7 Å². The molecule has 0 radical (unpaired) electrons. The number of rotatable bonds is 6. The van der Waals surface area contributed by atoms with Crippen LogP contribution in [0.5, 0.6) is 5.88 Å². The maximum Gasteiger partial charge on any atom is 0.247 e. The Morgan fingerprint density at radius 3 is 2.84 bits per heavy atom. The molecule has 1 saturated carbocycles. The molecule has 1 amide bonds. The number of aromatic nitrogens is 2. The highest BCUT2D eigenvalue weighted by molar-refractivity contribution is 6.29. The SMILES string of the molecule is C[C@@H](Cc1cccc(C2CC=NN2C(=O)C2C3CCC2CNC3)c1)Oc1cc(Cl)ncn1. The number of carbonyl (C=O) groups excluding carboxylic acids is 1. The van der Waals surface area contributed by atoms with Crippen LogP contribution in [0, 0.1) is 17.8 Å². The predicted molar refractivity (Wildman–Crippen MR) is 123 cm³/mol. The number of halogens is 1. The number of amides is 1. The Kier molecular flexibility index (Phi) is 6.11. The van der Waals surface area contributed by atoms with Crippen molar-refractivity contribution in [2.45, 2.75) is 44.8 Å². The first kappa shape index (κ1) is 21.3. The van der Waals surface area contributed by atoms with Crippen LogP contribution in [0.3, 0.4) is 0 Å². The minimum atomic E-state index is -0.0841. The van der Waals surface area contributed by atoms with Crippen LogP contribution < -0.4 is 10.1 Å². The van der Waals surface area contributed by atoms with Crippen LogP contribution in [0.4, 0.5) is 0 Å². The van der Waals surface area contributed by atoms with E-state index in [1.807, 2.05) is 19.2 Å². The summed E-state index contributed by atoms with van der Waals surface area (Å²) in [4.78, 5) is 21.5. The first-order valence-electron chi connectivity index (χ1n) is 11.4. The molecule has 2 fully saturated rings. The normalized spacial score (nSPS) is 27.5. The number of piperidine rings is 1. The van der Waals surface area contributed by atoms with E-state index in [1.54, 1.807) is 11.1 Å². The third-order valence-corrected chi connectivity index (χ3v) is 7.07. The quantitative estimate of drug-likeness (QED) is 0.675. The van der Waals surface area contributed by atoms with Crippen molar-refractivity contribution in [2.75, 3.05) is 13.1 Å². The van der Waals surface area contributed by atoms with Gasteiger partial charge >= 0.3 is 0 Å². The van der Waals surface area contributed by atoms with Crippen LogP contribution in [0.25, 0.3) is 0 Å². The molecule has 5 rings (SSSR count). The van der Waals surface area contributed by atoms with E-state index in [2.05, 4.69) is 38.6 Å². The van der Waals surface area contributed by atoms with Crippen LogP contribution >= 0.6 is 11.6 Å². The van der Waals surface area contributed by atoms with E-state index >= 15 is 0 Å². The summed E-state index contributed by atoms with van der Waals surface area (Å²) in [7, 11) is 0. The van der Waals surface area contributed by atoms with Gasteiger partial charge in [0.1, 0.15) is 17.6 Å². The lowest BCUT2D eigenvalue weighted by atomic mass is 9.84. The van der Waals surface area contributed by atoms with E-state index in [-0.39, 0.29) is 24.0 Å². The van der Waals surface area contributed by atoms with Gasteiger partial charge < -0.3 is 10.1 Å². The van der Waals surface area contributed by atoms with Crippen molar-refractivity contribution in [2.24, 2.45) is 22.9 Å². The smallest absolute Gasteiger partial charge is 0.247 e. The molecule has 1 aromatic heterocycles. The number of fused-ring (bicyclic) bond motifs is 2. The fourth-order valence-electron chi connectivity index (χ4n) is 5.43. The highest BCUT2D eigenvalue weighted by Gasteiger charge is 2.46. The molecule has 2 aromatic rings. The van der Waals surface area contributed by atoms with Crippen LogP contribution in [0.15, 0.2) is 41.8 Å². The van der Waals surface area contributed by atoms with Crippen LogP contribution in [0.1, 0.15) is 43.4 Å². The van der Waals surface area contributed by atoms with E-state index in [9.17, 15) is 4.79 Å². The Morgan fingerprint density at radius 1 is 1.25 bits per heavy atom. The third-order valence-electron chi connectivity index (χ3n) is 6.87. The Labute approximate surface area is 193 Å². The summed E-state index contributed by atoms with van der Waals surface area (Å²) in [5.74, 6) is 1.65. The number of nitrogens with one attached hydrogen (secondary N) is 1. The second-order valence-electron chi connectivity index (χ2n) is 9.07. The predicted octanol–water partition coefficient (Wildman–Crippen LogP) is 3.64. The number of nitrogens with zero attached hydrogens (tertiary/aromatic N) is 4. The standard InChI is InChI=1S/C24H28ClN5O2/c1-15(32-22-11-21(25)27-14-28-22)9-16-3-2-4-17(10-16)20-7-8-29-30(20)24(31)23-18-5-6-19(23)13-26-12-18/h2-4,8,10-11,14-15,18-20,23,26H,5-7,9,12-13H2,1H3/t15-,18?,19?,20?,23?/m0/s1. The Balaban J connectivity index is 1.27. The lowest BCUT2D eigenvalue weighted by Crippen LogP contribution is -2.46. The van der Waals surface area contributed by atoms with Gasteiger partial charge in [-0.3, -0.25) is 4.79 Å². The summed E-state index contributed by atoms with van der Waals surface area (Å²) in [6.07, 6.45) is 6.94. The highest BCUT2D eigenvalue weighted by atomic mass is 35.5. The molecule has 0 spiro atoms. The zero-order valence-electron chi connectivity index (χ0n) is 18.2. The molecule has 2 aliphatic heterocycles. The minimum Gasteiger partial charge on any atom is -0.474 e. The summed E-state index contributed by atoms with van der Waals surface area (Å²) in [5, 5.41) is 10.1. The number of hydrogen-bond donors (Lipinski definition) is 1. The van der Waals surface area contributed by atoms with Gasteiger partial charge in [0.05, 0.1) is 6.04 Å². The number of hydrogen-bond acceptors (Lipinski definition) is 6. The summed E-state index contributed by atoms with van der Waals surface area (Å²) in [6, 6.07) is 9.98. The molecule has 7 nitrogen and oxygen atoms in total. The van der Waals surface area contributed by atoms with Gasteiger partial charge in [-0.15, -0.1) is 0 Å². The van der Waals surface area contributed by atoms with Crippen molar-refractivity contribution in [1.29, 1.82) is 0 Å². The lowest BCUT2D eigenvalue weighted by molar-refractivity contribution is -0.140. The van der Waals surface area contributed by atoms with E-state index < -0.39 is 0 Å². The molecule has 3 unspecified atom stereocenters. The van der Waals surface area contributed by atoms with E-state index in [4.69, 9.17) is 16.3 Å². The van der Waals surface area contributed by atoms with Gasteiger partial charge in [0, 0.05) is 31.0 Å². The molecule has 2 bridgehead atoms. The molecule has 3 heterocycles. The van der Waals surface area contributed by atoms with Crippen molar-refractivity contribution >= 4 is 23.7 Å². The minimum absolute atomic E-state index is 0.0337. The molecule has 1 N–H and O–H groups in total. The molecule has 168 valence electrons. The van der Waals surface area contributed by atoms with Crippen molar-refractivity contribution in [3.63, 3.8) is 0 Å². The first-order valence-corrected chi connectivity index (χ1v) is 11.8. The number of benzene rings is 1. The summed E-state index contributed by atoms with van der Waals surface area (Å²) in [6.45, 7) is 3.89. The Bertz CT molecular complexity index is 999. The largest absolute Gasteiger partial charge is 0.474 e. The fourth-order valence-corrected chi connectivity index (χ4v) is 5.57. The molecule has 8 heteroatoms. The monoisotopic (exact) mass is 453 g/mol. The molecule has 32 heavy (non-hydrogen) atoms. The van der Waals surface area contributed by atoms with Gasteiger partial charge in [0.15, 0.2) is 0 Å². The number of ether oxygens (including phenoxy) is 1. The Hall–Kier alpha value is -2.51. The number of carbonyl (C=O) groups is 1. The molecule has 1 aliphatic carbocycles. The van der Waals surface area contributed by atoms with Crippen LogP contribution in [-0.4, -0.2) is 46.3 Å². The van der Waals surface area contributed by atoms with E-state index in [0.29, 0.717) is 22.9 Å². The molecular weight excluding hydrogens is 426 g/mol. The summed E-state index contributed by atoms with van der Waals surface area (Å²) >= 11 is 5.92. The molecule has 1 saturated heterocycles. The summed E-state index contributed by atoms with van der Waals surface area (Å²) in [5.41, 5.74) is 2.27. The zero-order chi connectivity index (χ0) is 22.1. The third kappa shape index (κ3) is 4.36. The van der Waals surface area contributed by atoms with Crippen molar-refractivity contribution < 1.29 is 9.53 Å². The van der Waals surface area contributed by atoms with Crippen molar-refractivity contribution in [1.82, 2.24) is 20.3 Å². The number of hydrazone groups is 1. The molecule has 4 atom stereocenters. The molecular formula is C24H28ClN5O2. The fraction of sp³-hybridized carbons (Fsp3) is 0.500.